The van der Waals surface area contributed by atoms with Gasteiger partial charge in [0.25, 0.3) is 0 Å². The van der Waals surface area contributed by atoms with Crippen molar-refractivity contribution in [3.05, 3.63) is 28.5 Å². The molecule has 0 aliphatic heterocycles. The van der Waals surface area contributed by atoms with Gasteiger partial charge >= 0.3 is 0 Å². The molecule has 0 bridgehead atoms. The summed E-state index contributed by atoms with van der Waals surface area (Å²) in [6, 6.07) is 3.88. The monoisotopic (exact) mass is 269 g/mol. The van der Waals surface area contributed by atoms with Crippen LogP contribution in [-0.4, -0.2) is 9.97 Å². The Hall–Kier alpha value is -0.840. The molecule has 0 aliphatic carbocycles. The number of rotatable bonds is 5. The average Bonchev–Trinajstić information content (AvgIpc) is 2.93. The number of H-pyrrole nitrogens is 1. The summed E-state index contributed by atoms with van der Waals surface area (Å²) in [5.74, 6) is 0.859. The zero-order valence-electron chi connectivity index (χ0n) is 9.74. The fourth-order valence-electron chi connectivity index (χ4n) is 1.67. The van der Waals surface area contributed by atoms with E-state index in [1.807, 2.05) is 18.3 Å². The molecule has 0 saturated carbocycles. The number of nitrogens with zero attached hydrogens (tertiary/aromatic N) is 1. The van der Waals surface area contributed by atoms with E-state index in [2.05, 4.69) is 16.9 Å². The highest BCUT2D eigenvalue weighted by Crippen LogP contribution is 2.30. The van der Waals surface area contributed by atoms with Gasteiger partial charge in [-0.25, -0.2) is 4.98 Å². The van der Waals surface area contributed by atoms with E-state index in [0.29, 0.717) is 0 Å². The fraction of sp³-hybridized carbons (Fsp3) is 0.417. The maximum Gasteiger partial charge on any atom is 0.123 e. The molecule has 2 aromatic rings. The minimum absolute atomic E-state index is 0.000802. The van der Waals surface area contributed by atoms with Crippen molar-refractivity contribution in [2.24, 2.45) is 5.73 Å². The molecule has 0 amide bonds. The lowest BCUT2D eigenvalue weighted by atomic mass is 10.1. The number of nitrogens with one attached hydrogen (secondary N) is 1. The highest BCUT2D eigenvalue weighted by Gasteiger charge is 2.11. The second-order valence-corrected chi connectivity index (χ2v) is 5.75. The van der Waals surface area contributed by atoms with Crippen molar-refractivity contribution in [2.75, 3.05) is 0 Å². The van der Waals surface area contributed by atoms with Crippen LogP contribution in [0.2, 0.25) is 4.34 Å². The molecule has 92 valence electrons. The molecule has 3 nitrogen and oxygen atoms in total. The smallest absolute Gasteiger partial charge is 0.123 e. The van der Waals surface area contributed by atoms with E-state index in [1.54, 1.807) is 0 Å². The molecule has 0 spiro atoms. The molecule has 3 N–H and O–H groups in total. The number of thiophene rings is 1. The van der Waals surface area contributed by atoms with Gasteiger partial charge in [-0.15, -0.1) is 11.3 Å². The van der Waals surface area contributed by atoms with Gasteiger partial charge in [-0.2, -0.15) is 0 Å². The topological polar surface area (TPSA) is 54.7 Å². The minimum atomic E-state index is -0.000802. The van der Waals surface area contributed by atoms with E-state index in [4.69, 9.17) is 17.3 Å². The van der Waals surface area contributed by atoms with Crippen molar-refractivity contribution in [3.8, 4) is 10.6 Å². The molecular weight excluding hydrogens is 254 g/mol. The summed E-state index contributed by atoms with van der Waals surface area (Å²) < 4.78 is 0.784. The number of imidazole rings is 1. The van der Waals surface area contributed by atoms with E-state index >= 15 is 0 Å². The van der Waals surface area contributed by atoms with Gasteiger partial charge in [0, 0.05) is 0 Å². The molecule has 0 fully saturated rings. The number of nitrogens with two attached hydrogens (primary N) is 1. The number of aromatic amines is 1. The van der Waals surface area contributed by atoms with Crippen LogP contribution in [0, 0.1) is 0 Å². The zero-order chi connectivity index (χ0) is 12.3. The maximum atomic E-state index is 6.06. The Bertz CT molecular complexity index is 478. The van der Waals surface area contributed by atoms with Crippen molar-refractivity contribution in [1.29, 1.82) is 0 Å². The number of hydrogen-bond donors (Lipinski definition) is 2. The van der Waals surface area contributed by atoms with E-state index in [1.165, 1.54) is 11.3 Å². The summed E-state index contributed by atoms with van der Waals surface area (Å²) in [5.41, 5.74) is 7.05. The van der Waals surface area contributed by atoms with Gasteiger partial charge in [0.1, 0.15) is 5.82 Å². The molecule has 2 aromatic heterocycles. The third-order valence-corrected chi connectivity index (χ3v) is 3.92. The Morgan fingerprint density at radius 3 is 3.00 bits per heavy atom. The van der Waals surface area contributed by atoms with Crippen LogP contribution in [-0.2, 0) is 0 Å². The van der Waals surface area contributed by atoms with Gasteiger partial charge in [0.15, 0.2) is 0 Å². The summed E-state index contributed by atoms with van der Waals surface area (Å²) in [5, 5.41) is 0. The van der Waals surface area contributed by atoms with Gasteiger partial charge in [-0.1, -0.05) is 31.4 Å². The third-order valence-electron chi connectivity index (χ3n) is 2.65. The second-order valence-electron chi connectivity index (χ2n) is 4.03. The molecular formula is C12H16ClN3S. The molecule has 2 heterocycles. The van der Waals surface area contributed by atoms with Gasteiger partial charge in [0.2, 0.25) is 0 Å². The molecule has 0 aromatic carbocycles. The van der Waals surface area contributed by atoms with Crippen LogP contribution in [0.3, 0.4) is 0 Å². The second kappa shape index (κ2) is 5.67. The first-order valence-corrected chi connectivity index (χ1v) is 6.96. The highest BCUT2D eigenvalue weighted by molar-refractivity contribution is 7.19. The molecule has 17 heavy (non-hydrogen) atoms. The highest BCUT2D eigenvalue weighted by atomic mass is 35.5. The van der Waals surface area contributed by atoms with Crippen molar-refractivity contribution < 1.29 is 0 Å². The van der Waals surface area contributed by atoms with Crippen LogP contribution in [0.25, 0.3) is 10.6 Å². The van der Waals surface area contributed by atoms with Crippen molar-refractivity contribution in [1.82, 2.24) is 9.97 Å². The standard InChI is InChI=1S/C12H16ClN3S/c1-2-3-4-8(14)12-15-7-9(16-12)10-5-6-11(13)17-10/h5-8H,2-4,14H2,1H3,(H,15,16). The normalized spacial score (nSPS) is 12.9. The van der Waals surface area contributed by atoms with Crippen LogP contribution in [0.5, 0.6) is 0 Å². The molecule has 2 rings (SSSR count). The molecule has 1 unspecified atom stereocenters. The third kappa shape index (κ3) is 3.09. The molecule has 0 aliphatic rings. The fourth-order valence-corrected chi connectivity index (χ4v) is 2.68. The largest absolute Gasteiger partial charge is 0.340 e. The molecule has 0 saturated heterocycles. The first kappa shape index (κ1) is 12.6. The number of unbranched alkanes of at least 4 members (excludes halogenated alkanes) is 1. The van der Waals surface area contributed by atoms with Crippen molar-refractivity contribution in [2.45, 2.75) is 32.2 Å². The number of hydrogen-bond acceptors (Lipinski definition) is 3. The maximum absolute atomic E-state index is 6.06. The Morgan fingerprint density at radius 2 is 2.35 bits per heavy atom. The molecule has 1 atom stereocenters. The lowest BCUT2D eigenvalue weighted by molar-refractivity contribution is 0.580. The summed E-state index contributed by atoms with van der Waals surface area (Å²) in [6.45, 7) is 2.16. The van der Waals surface area contributed by atoms with E-state index in [-0.39, 0.29) is 6.04 Å². The van der Waals surface area contributed by atoms with Crippen LogP contribution in [0.4, 0.5) is 0 Å². The Morgan fingerprint density at radius 1 is 1.53 bits per heavy atom. The summed E-state index contributed by atoms with van der Waals surface area (Å²) in [7, 11) is 0. The first-order chi connectivity index (χ1) is 8.20. The van der Waals surface area contributed by atoms with Gasteiger partial charge in [-0.3, -0.25) is 0 Å². The van der Waals surface area contributed by atoms with E-state index in [9.17, 15) is 0 Å². The summed E-state index contributed by atoms with van der Waals surface area (Å²) in [4.78, 5) is 8.70. The summed E-state index contributed by atoms with van der Waals surface area (Å²) in [6.07, 6.45) is 5.07. The zero-order valence-corrected chi connectivity index (χ0v) is 11.3. The first-order valence-electron chi connectivity index (χ1n) is 5.77. The van der Waals surface area contributed by atoms with Gasteiger partial charge in [0.05, 0.1) is 27.1 Å². The lowest BCUT2D eigenvalue weighted by Crippen LogP contribution is -2.11. The Kier molecular flexibility index (Phi) is 4.20. The average molecular weight is 270 g/mol. The van der Waals surface area contributed by atoms with Crippen LogP contribution < -0.4 is 5.73 Å². The summed E-state index contributed by atoms with van der Waals surface area (Å²) >= 11 is 7.44. The van der Waals surface area contributed by atoms with Crippen LogP contribution in [0.1, 0.15) is 38.1 Å². The van der Waals surface area contributed by atoms with E-state index < -0.39 is 0 Å². The molecule has 5 heteroatoms. The Labute approximate surface area is 110 Å². The van der Waals surface area contributed by atoms with Crippen molar-refractivity contribution >= 4 is 22.9 Å². The van der Waals surface area contributed by atoms with Crippen molar-refractivity contribution in [3.63, 3.8) is 0 Å². The van der Waals surface area contributed by atoms with Crippen LogP contribution in [0.15, 0.2) is 18.3 Å². The predicted octanol–water partition coefficient (Wildman–Crippen LogP) is 3.98. The SMILES string of the molecule is CCCCC(N)c1ncc(-c2ccc(Cl)s2)[nH]1. The molecule has 0 radical (unpaired) electrons. The predicted molar refractivity (Wildman–Crippen MR) is 73.4 cm³/mol. The number of aromatic nitrogens is 2. The lowest BCUT2D eigenvalue weighted by Gasteiger charge is -2.06. The van der Waals surface area contributed by atoms with Gasteiger partial charge in [-0.05, 0) is 18.6 Å². The van der Waals surface area contributed by atoms with Gasteiger partial charge < -0.3 is 10.7 Å². The quantitative estimate of drug-likeness (QED) is 0.863. The number of halogens is 1. The van der Waals surface area contributed by atoms with E-state index in [0.717, 1.165) is 40.0 Å². The van der Waals surface area contributed by atoms with Crippen LogP contribution >= 0.6 is 22.9 Å². The minimum Gasteiger partial charge on any atom is -0.340 e. The Balaban J connectivity index is 2.10.